The minimum atomic E-state index is -5.03. The number of hydrogen-bond donors (Lipinski definition) is 8. The van der Waals surface area contributed by atoms with Crippen LogP contribution in [0.3, 0.4) is 0 Å². The first-order valence-corrected chi connectivity index (χ1v) is 18.6. The van der Waals surface area contributed by atoms with Crippen molar-refractivity contribution in [2.75, 3.05) is 10.6 Å². The van der Waals surface area contributed by atoms with E-state index in [0.717, 1.165) is 30.4 Å². The lowest BCUT2D eigenvalue weighted by molar-refractivity contribution is 0.189. The molecule has 21 nitrogen and oxygen atoms in total. The molecule has 0 saturated heterocycles. The first-order chi connectivity index (χ1) is 25.3. The number of anilines is 4. The molecule has 1 aliphatic carbocycles. The van der Waals surface area contributed by atoms with Gasteiger partial charge in [-0.25, -0.2) is 0 Å². The molecule has 25 heteroatoms. The van der Waals surface area contributed by atoms with Crippen LogP contribution in [0, 0.1) is 6.08 Å². The van der Waals surface area contributed by atoms with Crippen molar-refractivity contribution in [2.24, 2.45) is 20.4 Å². The van der Waals surface area contributed by atoms with Crippen LogP contribution in [0.15, 0.2) is 132 Å². The van der Waals surface area contributed by atoms with Crippen LogP contribution in [0.2, 0.25) is 0 Å². The molecule has 0 aliphatic heterocycles. The van der Waals surface area contributed by atoms with Gasteiger partial charge in [-0.1, -0.05) is 36.4 Å². The number of amidine groups is 1. The number of hydrogen-bond acceptors (Lipinski definition) is 17. The molecule has 0 unspecified atom stereocenters. The molecule has 3 aromatic carbocycles. The van der Waals surface area contributed by atoms with Crippen molar-refractivity contribution >= 4 is 70.9 Å². The van der Waals surface area contributed by atoms with E-state index >= 15 is 0 Å². The summed E-state index contributed by atoms with van der Waals surface area (Å²) in [7, 11) is -14.4. The average Bonchev–Trinajstić information content (AvgIpc) is 3.08. The number of aromatic nitrogens is 3. The molecule has 1 heterocycles. The number of allylic oxidation sites excluding steroid dienone is 4. The maximum atomic E-state index is 14.5. The molecule has 8 N–H and O–H groups in total. The SMILES string of the molecule is O=S(=O)(O)C1=C/C(=N\N=C(/N=Nc2cc(S(=O)(=O)O)cc(Nc3nc(F)nc(Nc4cccc(S(=O)(=O)O)c4)n3)c2O)c2ccccc2)C(=C(O)O)C=C1. The monoisotopic (exact) mass is 803 g/mol. The Labute approximate surface area is 303 Å². The van der Waals surface area contributed by atoms with Gasteiger partial charge in [0.25, 0.3) is 36.3 Å². The number of azo groups is 1. The number of aliphatic hydroxyl groups excluding tert-OH is 1. The molecular weight excluding hydrogens is 782 g/mol. The van der Waals surface area contributed by atoms with Crippen LogP contribution < -0.4 is 10.6 Å². The fourth-order valence-electron chi connectivity index (χ4n) is 4.23. The molecule has 1 aliphatic rings. The van der Waals surface area contributed by atoms with E-state index in [9.17, 15) is 58.6 Å². The van der Waals surface area contributed by atoms with E-state index < -0.39 is 103 Å². The third kappa shape index (κ3) is 9.67. The Morgan fingerprint density at radius 2 is 1.41 bits per heavy atom. The van der Waals surface area contributed by atoms with E-state index in [4.69, 9.17) is 0 Å². The summed E-state index contributed by atoms with van der Waals surface area (Å²) in [5, 5.41) is 50.7. The summed E-state index contributed by atoms with van der Waals surface area (Å²) in [4.78, 5) is 8.69. The Morgan fingerprint density at radius 1 is 0.741 bits per heavy atom. The molecule has 0 radical (unpaired) electrons. The van der Waals surface area contributed by atoms with Gasteiger partial charge in [0.2, 0.25) is 17.7 Å². The van der Waals surface area contributed by atoms with E-state index in [1.54, 1.807) is 18.2 Å². The molecule has 0 bridgehead atoms. The van der Waals surface area contributed by atoms with E-state index in [1.807, 2.05) is 0 Å². The normalized spacial score (nSPS) is 14.7. The van der Waals surface area contributed by atoms with Crippen molar-refractivity contribution < 1.29 is 58.6 Å². The maximum Gasteiger partial charge on any atom is 0.315 e. The van der Waals surface area contributed by atoms with Crippen molar-refractivity contribution in [3.05, 3.63) is 113 Å². The molecule has 54 heavy (non-hydrogen) atoms. The van der Waals surface area contributed by atoms with Crippen LogP contribution in [0.5, 0.6) is 5.75 Å². The zero-order chi connectivity index (χ0) is 39.4. The van der Waals surface area contributed by atoms with Gasteiger partial charge in [0.05, 0.1) is 26.0 Å². The second kappa shape index (κ2) is 15.2. The fraction of sp³-hybridized carbons (Fsp3) is 0. The Kier molecular flexibility index (Phi) is 10.9. The van der Waals surface area contributed by atoms with Gasteiger partial charge in [0.1, 0.15) is 11.4 Å². The van der Waals surface area contributed by atoms with Crippen molar-refractivity contribution in [2.45, 2.75) is 9.79 Å². The number of phenolic OH excluding ortho intramolecular Hbond substituents is 1. The molecule has 4 aromatic rings. The van der Waals surface area contributed by atoms with Gasteiger partial charge in [0.15, 0.2) is 5.75 Å². The van der Waals surface area contributed by atoms with Gasteiger partial charge in [-0.3, -0.25) is 13.7 Å². The highest BCUT2D eigenvalue weighted by molar-refractivity contribution is 7.90. The largest absolute Gasteiger partial charge is 0.504 e. The summed E-state index contributed by atoms with van der Waals surface area (Å²) in [5.74, 6) is -3.72. The van der Waals surface area contributed by atoms with Gasteiger partial charge in [-0.15, -0.1) is 20.4 Å². The lowest BCUT2D eigenvalue weighted by Gasteiger charge is -2.12. The summed E-state index contributed by atoms with van der Waals surface area (Å²) in [6.07, 6.45) is 1.14. The van der Waals surface area contributed by atoms with Crippen LogP contribution in [-0.4, -0.2) is 80.7 Å². The molecule has 0 saturated carbocycles. The second-order valence-electron chi connectivity index (χ2n) is 10.4. The third-order valence-electron chi connectivity index (χ3n) is 6.65. The van der Waals surface area contributed by atoms with E-state index in [2.05, 4.69) is 46.0 Å². The lowest BCUT2D eigenvalue weighted by atomic mass is 10.1. The first-order valence-electron chi connectivity index (χ1n) is 14.3. The fourth-order valence-corrected chi connectivity index (χ4v) is 5.78. The Morgan fingerprint density at radius 3 is 2.04 bits per heavy atom. The zero-order valence-corrected chi connectivity index (χ0v) is 28.9. The molecule has 0 spiro atoms. The Hall–Kier alpha value is -6.51. The average molecular weight is 804 g/mol. The molecular formula is C29H22FN9O12S3. The smallest absolute Gasteiger partial charge is 0.315 e. The van der Waals surface area contributed by atoms with E-state index in [1.165, 1.54) is 24.3 Å². The number of halogens is 1. The van der Waals surface area contributed by atoms with Crippen molar-refractivity contribution in [1.82, 2.24) is 15.0 Å². The lowest BCUT2D eigenvalue weighted by Crippen LogP contribution is -2.11. The Bertz CT molecular complexity index is 2680. The number of aliphatic hydroxyl groups is 2. The summed E-state index contributed by atoms with van der Waals surface area (Å²) in [6, 6.07) is 13.6. The topological polar surface area (TPSA) is 336 Å². The van der Waals surface area contributed by atoms with Crippen LogP contribution in [0.4, 0.5) is 33.3 Å². The van der Waals surface area contributed by atoms with Gasteiger partial charge in [-0.2, -0.15) is 44.6 Å². The number of aromatic hydroxyl groups is 1. The van der Waals surface area contributed by atoms with Gasteiger partial charge in [0, 0.05) is 11.3 Å². The van der Waals surface area contributed by atoms with Crippen molar-refractivity contribution in [3.63, 3.8) is 0 Å². The zero-order valence-electron chi connectivity index (χ0n) is 26.4. The highest BCUT2D eigenvalue weighted by atomic mass is 32.2. The van der Waals surface area contributed by atoms with Crippen molar-refractivity contribution in [3.8, 4) is 5.75 Å². The van der Waals surface area contributed by atoms with Crippen molar-refractivity contribution in [1.29, 1.82) is 0 Å². The number of rotatable bonds is 10. The summed E-state index contributed by atoms with van der Waals surface area (Å²) >= 11 is 0. The van der Waals surface area contributed by atoms with Crippen LogP contribution >= 0.6 is 0 Å². The molecule has 5 rings (SSSR count). The highest BCUT2D eigenvalue weighted by Crippen LogP contribution is 2.39. The molecule has 1 aromatic heterocycles. The summed E-state index contributed by atoms with van der Waals surface area (Å²) in [5.41, 5.74) is -1.95. The highest BCUT2D eigenvalue weighted by Gasteiger charge is 2.22. The minimum absolute atomic E-state index is 0.0168. The van der Waals surface area contributed by atoms with Crippen LogP contribution in [0.1, 0.15) is 5.56 Å². The summed E-state index contributed by atoms with van der Waals surface area (Å²) < 4.78 is 114. The molecule has 0 atom stereocenters. The number of nitrogens with one attached hydrogen (secondary N) is 2. The second-order valence-corrected chi connectivity index (χ2v) is 14.7. The minimum Gasteiger partial charge on any atom is -0.504 e. The first kappa shape index (κ1) is 38.7. The van der Waals surface area contributed by atoms with E-state index in [-0.39, 0.29) is 11.3 Å². The number of nitrogens with zero attached hydrogens (tertiary/aromatic N) is 7. The summed E-state index contributed by atoms with van der Waals surface area (Å²) in [6.45, 7) is 0. The quantitative estimate of drug-likeness (QED) is 0.0211. The maximum absolute atomic E-state index is 14.5. The standard InChI is InChI=1S/C29H22FN9O12S3/c30-27-33-28(31-16-7-4-8-17(11-16)52(43,44)45)35-29(34-27)32-22-13-19(54(49,50)51)14-23(24(22)40)37-39-25(15-5-2-1-3-6-15)38-36-21-12-18(53(46,47)48)9-10-20(21)26(41)42/h1-14,40-42H,(H,43,44,45)(H,46,47,48)(H,49,50,51)(H2,31,32,33,34,35)/b36-21+,38-25-,39-37?. The van der Waals surface area contributed by atoms with E-state index in [0.29, 0.717) is 12.1 Å². The predicted molar refractivity (Wildman–Crippen MR) is 187 cm³/mol. The van der Waals surface area contributed by atoms with Gasteiger partial charge in [-0.05, 0) is 48.6 Å². The molecule has 0 amide bonds. The predicted octanol–water partition coefficient (Wildman–Crippen LogP) is 4.25. The van der Waals surface area contributed by atoms with Gasteiger partial charge >= 0.3 is 6.08 Å². The third-order valence-corrected chi connectivity index (χ3v) is 9.18. The van der Waals surface area contributed by atoms with Crippen LogP contribution in [-0.2, 0) is 30.4 Å². The van der Waals surface area contributed by atoms with Crippen LogP contribution in [0.25, 0.3) is 0 Å². The molecule has 280 valence electrons. The van der Waals surface area contributed by atoms with Gasteiger partial charge < -0.3 is 26.0 Å². The molecule has 0 fully saturated rings. The Balaban J connectivity index is 1.56. The number of benzene rings is 3. The number of phenols is 1.